The lowest BCUT2D eigenvalue weighted by atomic mass is 10.0. The van der Waals surface area contributed by atoms with Gasteiger partial charge in [-0.05, 0) is 6.07 Å². The Bertz CT molecular complexity index is 1340. The Kier molecular flexibility index (Phi) is 6.63. The Morgan fingerprint density at radius 3 is 2.61 bits per heavy atom. The summed E-state index contributed by atoms with van der Waals surface area (Å²) in [5.74, 6) is -0.318. The van der Waals surface area contributed by atoms with Gasteiger partial charge >= 0.3 is 0 Å². The van der Waals surface area contributed by atoms with Crippen molar-refractivity contribution in [3.05, 3.63) is 83.8 Å². The van der Waals surface area contributed by atoms with E-state index in [9.17, 15) is 4.79 Å². The molecular formula is C25H24N8O3. The number of ether oxygens (including phenoxy) is 2. The molecule has 1 aromatic heterocycles. The van der Waals surface area contributed by atoms with Crippen molar-refractivity contribution >= 4 is 35.0 Å². The zero-order valence-corrected chi connectivity index (χ0v) is 19.3. The fourth-order valence-electron chi connectivity index (χ4n) is 3.96. The molecule has 11 nitrogen and oxygen atoms in total. The third-order valence-corrected chi connectivity index (χ3v) is 5.63. The number of benzodiazepines with no additional fused rings is 1. The summed E-state index contributed by atoms with van der Waals surface area (Å²) in [7, 11) is 0. The van der Waals surface area contributed by atoms with Crippen LogP contribution in [-0.4, -0.2) is 66.0 Å². The number of para-hydroxylation sites is 1. The zero-order valence-electron chi connectivity index (χ0n) is 19.3. The first-order valence-corrected chi connectivity index (χ1v) is 11.4. The molecule has 0 bridgehead atoms. The number of carbonyl (C=O) groups excluding carboxylic acids is 1. The molecule has 1 saturated heterocycles. The number of rotatable bonds is 4. The molecule has 2 aliphatic rings. The number of fused-ring (bicyclic) bond motifs is 1. The van der Waals surface area contributed by atoms with Crippen molar-refractivity contribution in [3.8, 4) is 0 Å². The lowest BCUT2D eigenvalue weighted by molar-refractivity contribution is -0.117. The van der Waals surface area contributed by atoms with Gasteiger partial charge in [0.25, 0.3) is 11.9 Å². The molecule has 0 spiro atoms. The van der Waals surface area contributed by atoms with Crippen LogP contribution in [0.2, 0.25) is 0 Å². The summed E-state index contributed by atoms with van der Waals surface area (Å²) in [5, 5.41) is 11.3. The number of benzene rings is 2. The molecule has 3 aromatic rings. The maximum Gasteiger partial charge on any atom is 0.291 e. The molecule has 2 aliphatic heterocycles. The molecule has 182 valence electrons. The number of aromatic nitrogens is 2. The van der Waals surface area contributed by atoms with E-state index in [2.05, 4.69) is 25.3 Å². The van der Waals surface area contributed by atoms with Gasteiger partial charge in [0.05, 0.1) is 24.6 Å². The summed E-state index contributed by atoms with van der Waals surface area (Å²) in [5.41, 5.74) is 9.03. The second-order valence-electron chi connectivity index (χ2n) is 7.98. The Balaban J connectivity index is 1.43. The second-order valence-corrected chi connectivity index (χ2v) is 7.98. The van der Waals surface area contributed by atoms with E-state index in [-0.39, 0.29) is 17.6 Å². The topological polar surface area (TPSA) is 151 Å². The summed E-state index contributed by atoms with van der Waals surface area (Å²) >= 11 is 0. The first-order chi connectivity index (χ1) is 17.6. The van der Waals surface area contributed by atoms with E-state index >= 15 is 0 Å². The average Bonchev–Trinajstić information content (AvgIpc) is 3.05. The molecule has 1 unspecified atom stereocenters. The Labute approximate surface area is 207 Å². The highest BCUT2D eigenvalue weighted by molar-refractivity contribution is 6.19. The zero-order chi connectivity index (χ0) is 24.9. The van der Waals surface area contributed by atoms with E-state index in [1.807, 2.05) is 53.4 Å². The fraction of sp³-hybridized carbons (Fsp3) is 0.200. The summed E-state index contributed by atoms with van der Waals surface area (Å²) in [4.78, 5) is 32.4. The number of hydrogen-bond donors (Lipinski definition) is 3. The first kappa shape index (κ1) is 23.1. The van der Waals surface area contributed by atoms with Gasteiger partial charge in [0.1, 0.15) is 0 Å². The minimum atomic E-state index is -1.22. The normalized spacial score (nSPS) is 17.9. The van der Waals surface area contributed by atoms with E-state index in [0.717, 1.165) is 11.1 Å². The predicted octanol–water partition coefficient (Wildman–Crippen LogP) is 1.79. The van der Waals surface area contributed by atoms with Crippen LogP contribution in [0.4, 0.5) is 11.5 Å². The van der Waals surface area contributed by atoms with Crippen LogP contribution in [0.1, 0.15) is 16.8 Å². The number of amidine groups is 1. The number of nitrogens with two attached hydrogens (primary N) is 1. The molecule has 0 radical (unpaired) electrons. The highest BCUT2D eigenvalue weighted by atomic mass is 16.5. The molecule has 0 saturated carbocycles. The van der Waals surface area contributed by atoms with Crippen LogP contribution in [0.25, 0.3) is 0 Å². The van der Waals surface area contributed by atoms with Crippen LogP contribution in [0.15, 0.2) is 77.0 Å². The first-order valence-electron chi connectivity index (χ1n) is 11.4. The number of morpholine rings is 1. The number of nitrogens with one attached hydrogen (secondary N) is 2. The molecule has 1 amide bonds. The van der Waals surface area contributed by atoms with Gasteiger partial charge in [-0.15, -0.1) is 0 Å². The fourth-order valence-corrected chi connectivity index (χ4v) is 3.96. The monoisotopic (exact) mass is 484 g/mol. The maximum atomic E-state index is 13.0. The maximum absolute atomic E-state index is 13.0. The van der Waals surface area contributed by atoms with Gasteiger partial charge in [-0.25, -0.2) is 15.0 Å². The van der Waals surface area contributed by atoms with Crippen LogP contribution in [0.5, 0.6) is 0 Å². The summed E-state index contributed by atoms with van der Waals surface area (Å²) in [6.07, 6.45) is 1.80. The minimum Gasteiger partial charge on any atom is -0.405 e. The van der Waals surface area contributed by atoms with E-state index in [4.69, 9.17) is 20.6 Å². The van der Waals surface area contributed by atoms with Crippen LogP contribution in [0.3, 0.4) is 0 Å². The second kappa shape index (κ2) is 10.3. The number of aliphatic imine (C=N–C) groups is 2. The van der Waals surface area contributed by atoms with Crippen molar-refractivity contribution in [2.45, 2.75) is 6.17 Å². The number of anilines is 2. The molecule has 1 fully saturated rings. The van der Waals surface area contributed by atoms with Gasteiger partial charge in [0.15, 0.2) is 11.5 Å². The summed E-state index contributed by atoms with van der Waals surface area (Å²) < 4.78 is 10.9. The quantitative estimate of drug-likeness (QED) is 0.377. The molecular weight excluding hydrogens is 460 g/mol. The molecule has 0 aliphatic carbocycles. The highest BCUT2D eigenvalue weighted by Crippen LogP contribution is 2.24. The van der Waals surface area contributed by atoms with Gasteiger partial charge in [0.2, 0.25) is 12.1 Å². The van der Waals surface area contributed by atoms with Gasteiger partial charge < -0.3 is 25.4 Å². The van der Waals surface area contributed by atoms with Crippen molar-refractivity contribution in [1.29, 1.82) is 5.41 Å². The third kappa shape index (κ3) is 4.91. The van der Waals surface area contributed by atoms with Crippen molar-refractivity contribution < 1.29 is 14.3 Å². The van der Waals surface area contributed by atoms with Crippen molar-refractivity contribution in [1.82, 2.24) is 9.97 Å². The number of nitrogens with zero attached hydrogens (tertiary/aromatic N) is 5. The van der Waals surface area contributed by atoms with Gasteiger partial charge in [-0.3, -0.25) is 10.2 Å². The van der Waals surface area contributed by atoms with Crippen molar-refractivity contribution in [2.24, 2.45) is 15.7 Å². The van der Waals surface area contributed by atoms with Crippen LogP contribution < -0.4 is 16.0 Å². The van der Waals surface area contributed by atoms with E-state index in [1.165, 1.54) is 6.20 Å². The Hall–Kier alpha value is -4.64. The molecule has 4 N–H and O–H groups in total. The SMILES string of the molecule is N=C(O/C(N)=N/C1N=C(c2ccccc2)c2ccccc2NC1=O)c1nccnc1N1CCOCC1. The Morgan fingerprint density at radius 2 is 1.81 bits per heavy atom. The standard InChI is InChI=1S/C25H24N8O3/c26-21(20-23(29-11-10-28-20)33-12-14-35-15-13-33)36-25(27)32-22-24(34)30-18-9-5-4-8-17(18)19(31-22)16-6-2-1-3-7-16/h1-11,22,26H,12-15H2,(H2,27,32)(H,30,34). The average molecular weight is 485 g/mol. The van der Waals surface area contributed by atoms with E-state index in [1.54, 1.807) is 12.3 Å². The lowest BCUT2D eigenvalue weighted by Gasteiger charge is -2.28. The largest absolute Gasteiger partial charge is 0.405 e. The lowest BCUT2D eigenvalue weighted by Crippen LogP contribution is -2.38. The van der Waals surface area contributed by atoms with Crippen LogP contribution in [0, 0.1) is 5.41 Å². The molecule has 2 aromatic carbocycles. The third-order valence-electron chi connectivity index (χ3n) is 5.63. The van der Waals surface area contributed by atoms with Crippen LogP contribution >= 0.6 is 0 Å². The number of carbonyl (C=O) groups is 1. The van der Waals surface area contributed by atoms with E-state index in [0.29, 0.717) is 43.5 Å². The molecule has 1 atom stereocenters. The smallest absolute Gasteiger partial charge is 0.291 e. The molecule has 36 heavy (non-hydrogen) atoms. The van der Waals surface area contributed by atoms with Gasteiger partial charge in [-0.1, -0.05) is 48.5 Å². The van der Waals surface area contributed by atoms with Crippen LogP contribution in [-0.2, 0) is 14.3 Å². The van der Waals surface area contributed by atoms with Crippen molar-refractivity contribution in [3.63, 3.8) is 0 Å². The molecule has 11 heteroatoms. The Morgan fingerprint density at radius 1 is 1.08 bits per heavy atom. The predicted molar refractivity (Wildman–Crippen MR) is 136 cm³/mol. The summed E-state index contributed by atoms with van der Waals surface area (Å²) in [6, 6.07) is 16.5. The highest BCUT2D eigenvalue weighted by Gasteiger charge is 2.27. The van der Waals surface area contributed by atoms with Gasteiger partial charge in [0, 0.05) is 36.6 Å². The van der Waals surface area contributed by atoms with Crippen molar-refractivity contribution in [2.75, 3.05) is 36.5 Å². The molecule has 3 heterocycles. The summed E-state index contributed by atoms with van der Waals surface area (Å²) in [6.45, 7) is 2.33. The number of amides is 1. The molecule has 5 rings (SSSR count). The van der Waals surface area contributed by atoms with E-state index < -0.39 is 12.1 Å². The van der Waals surface area contributed by atoms with Gasteiger partial charge in [-0.2, -0.15) is 4.99 Å². The number of hydrogen-bond acceptors (Lipinski definition) is 9. The minimum absolute atomic E-state index is 0.212.